The van der Waals surface area contributed by atoms with E-state index in [1.54, 1.807) is 12.1 Å². The van der Waals surface area contributed by atoms with Gasteiger partial charge in [0.2, 0.25) is 0 Å². The van der Waals surface area contributed by atoms with E-state index < -0.39 is 24.5 Å². The van der Waals surface area contributed by atoms with Crippen LogP contribution in [0, 0.1) is 0 Å². The molecule has 2 amide bonds. The maximum Gasteiger partial charge on any atom is 0.329 e. The van der Waals surface area contributed by atoms with Crippen molar-refractivity contribution in [2.24, 2.45) is 0 Å². The molecule has 0 saturated carbocycles. The van der Waals surface area contributed by atoms with Gasteiger partial charge in [-0.15, -0.1) is 11.3 Å². The summed E-state index contributed by atoms with van der Waals surface area (Å²) in [5, 5.41) is 4.65. The van der Waals surface area contributed by atoms with Crippen LogP contribution in [-0.2, 0) is 14.3 Å². The minimum Gasteiger partial charge on any atom is -0.454 e. The van der Waals surface area contributed by atoms with E-state index >= 15 is 0 Å². The first-order chi connectivity index (χ1) is 15.6. The second kappa shape index (κ2) is 10.5. The van der Waals surface area contributed by atoms with Crippen molar-refractivity contribution in [3.63, 3.8) is 0 Å². The zero-order valence-electron chi connectivity index (χ0n) is 17.2. The lowest BCUT2D eigenvalue weighted by molar-refractivity contribution is -0.151. The third-order valence-electron chi connectivity index (χ3n) is 5.00. The molecular formula is C24H22N2O4S2. The number of anilines is 1. The maximum atomic E-state index is 12.6. The summed E-state index contributed by atoms with van der Waals surface area (Å²) in [5.74, 6) is -1.14. The number of carbonyl (C=O) groups is 3. The molecule has 0 bridgehead atoms. The van der Waals surface area contributed by atoms with Gasteiger partial charge in [-0.3, -0.25) is 9.59 Å². The summed E-state index contributed by atoms with van der Waals surface area (Å²) in [5.41, 5.74) is 0.651. The van der Waals surface area contributed by atoms with Crippen LogP contribution in [0.1, 0.15) is 22.5 Å². The van der Waals surface area contributed by atoms with Crippen LogP contribution in [0.5, 0.6) is 0 Å². The minimum atomic E-state index is -0.654. The normalized spacial score (nSPS) is 15.4. The lowest BCUT2D eigenvalue weighted by Crippen LogP contribution is -2.41. The van der Waals surface area contributed by atoms with Crippen molar-refractivity contribution in [2.75, 3.05) is 18.5 Å². The number of rotatable bonds is 7. The van der Waals surface area contributed by atoms with Crippen molar-refractivity contribution in [1.29, 1.82) is 0 Å². The van der Waals surface area contributed by atoms with Gasteiger partial charge < -0.3 is 15.0 Å². The van der Waals surface area contributed by atoms with E-state index in [9.17, 15) is 14.4 Å². The SMILES string of the molecule is O=C(COC(=O)[C@@H]1CCCN1C(=O)c1cccs1)Nc1ccccc1Sc1ccccc1. The Kier molecular flexibility index (Phi) is 7.24. The molecule has 1 fully saturated rings. The fourth-order valence-electron chi connectivity index (χ4n) is 3.49. The standard InChI is InChI=1S/C24H22N2O4S2/c27-22(25-18-10-4-5-12-20(18)32-17-8-2-1-3-9-17)16-30-24(29)19-11-6-14-26(19)23(28)21-13-7-15-31-21/h1-5,7-10,12-13,15,19H,6,11,14,16H2,(H,25,27)/t19-/m0/s1. The number of amides is 2. The van der Waals surface area contributed by atoms with E-state index in [1.807, 2.05) is 60.0 Å². The predicted octanol–water partition coefficient (Wildman–Crippen LogP) is 4.69. The summed E-state index contributed by atoms with van der Waals surface area (Å²) in [4.78, 5) is 41.8. The molecule has 1 N–H and O–H groups in total. The van der Waals surface area contributed by atoms with Crippen LogP contribution >= 0.6 is 23.1 Å². The number of ether oxygens (including phenoxy) is 1. The molecule has 2 aromatic carbocycles. The topological polar surface area (TPSA) is 75.7 Å². The van der Waals surface area contributed by atoms with Crippen LogP contribution in [-0.4, -0.2) is 41.9 Å². The van der Waals surface area contributed by atoms with Crippen LogP contribution in [0.15, 0.2) is 81.9 Å². The molecule has 1 aliphatic rings. The van der Waals surface area contributed by atoms with Crippen LogP contribution in [0.4, 0.5) is 5.69 Å². The molecule has 0 aliphatic carbocycles. The van der Waals surface area contributed by atoms with Crippen LogP contribution in [0.2, 0.25) is 0 Å². The highest BCUT2D eigenvalue weighted by molar-refractivity contribution is 7.99. The zero-order chi connectivity index (χ0) is 22.3. The van der Waals surface area contributed by atoms with Gasteiger partial charge in [-0.1, -0.05) is 48.2 Å². The third-order valence-corrected chi connectivity index (χ3v) is 6.94. The molecular weight excluding hydrogens is 444 g/mol. The first-order valence-electron chi connectivity index (χ1n) is 10.2. The van der Waals surface area contributed by atoms with E-state index in [-0.39, 0.29) is 5.91 Å². The number of benzene rings is 2. The Morgan fingerprint density at radius 2 is 1.81 bits per heavy atom. The molecule has 6 nitrogen and oxygen atoms in total. The number of esters is 1. The number of nitrogens with one attached hydrogen (secondary N) is 1. The van der Waals surface area contributed by atoms with Gasteiger partial charge in [-0.05, 0) is 48.6 Å². The number of nitrogens with zero attached hydrogens (tertiary/aromatic N) is 1. The summed E-state index contributed by atoms with van der Waals surface area (Å²) in [6.45, 7) is 0.105. The summed E-state index contributed by atoms with van der Waals surface area (Å²) < 4.78 is 5.27. The van der Waals surface area contributed by atoms with E-state index in [2.05, 4.69) is 5.32 Å². The summed E-state index contributed by atoms with van der Waals surface area (Å²) in [6, 6.07) is 20.2. The molecule has 0 spiro atoms. The smallest absolute Gasteiger partial charge is 0.329 e. The molecule has 4 rings (SSSR count). The number of thiophene rings is 1. The van der Waals surface area contributed by atoms with Crippen LogP contribution < -0.4 is 5.32 Å². The average molecular weight is 467 g/mol. The van der Waals surface area contributed by atoms with Crippen molar-refractivity contribution < 1.29 is 19.1 Å². The summed E-state index contributed by atoms with van der Waals surface area (Å²) >= 11 is 2.88. The van der Waals surface area contributed by atoms with Gasteiger partial charge in [0.15, 0.2) is 6.61 Å². The van der Waals surface area contributed by atoms with Gasteiger partial charge >= 0.3 is 5.97 Å². The third kappa shape index (κ3) is 5.38. The Morgan fingerprint density at radius 3 is 2.59 bits per heavy atom. The Bertz CT molecular complexity index is 1090. The molecule has 0 unspecified atom stereocenters. The molecule has 8 heteroatoms. The molecule has 0 radical (unpaired) electrons. The molecule has 1 saturated heterocycles. The number of carbonyl (C=O) groups excluding carboxylic acids is 3. The number of likely N-dealkylation sites (tertiary alicyclic amines) is 1. The molecule has 1 aliphatic heterocycles. The van der Waals surface area contributed by atoms with Crippen LogP contribution in [0.25, 0.3) is 0 Å². The Hall–Kier alpha value is -3.10. The van der Waals surface area contributed by atoms with Gasteiger partial charge in [-0.2, -0.15) is 0 Å². The van der Waals surface area contributed by atoms with E-state index in [1.165, 1.54) is 28.0 Å². The predicted molar refractivity (Wildman–Crippen MR) is 125 cm³/mol. The van der Waals surface area contributed by atoms with Gasteiger partial charge in [-0.25, -0.2) is 4.79 Å². The van der Waals surface area contributed by atoms with E-state index in [4.69, 9.17) is 4.74 Å². The molecule has 164 valence electrons. The molecule has 32 heavy (non-hydrogen) atoms. The fraction of sp³-hybridized carbons (Fsp3) is 0.208. The van der Waals surface area contributed by atoms with Gasteiger partial charge in [0, 0.05) is 16.3 Å². The number of hydrogen-bond acceptors (Lipinski definition) is 6. The lowest BCUT2D eigenvalue weighted by atomic mass is 10.2. The first-order valence-corrected chi connectivity index (χ1v) is 11.9. The summed E-state index contributed by atoms with van der Waals surface area (Å²) in [6.07, 6.45) is 1.27. The largest absolute Gasteiger partial charge is 0.454 e. The van der Waals surface area contributed by atoms with Crippen LogP contribution in [0.3, 0.4) is 0 Å². The molecule has 1 aromatic heterocycles. The summed E-state index contributed by atoms with van der Waals surface area (Å²) in [7, 11) is 0. The Balaban J connectivity index is 1.33. The first kappa shape index (κ1) is 22.1. The molecule has 1 atom stereocenters. The van der Waals surface area contributed by atoms with Crippen molar-refractivity contribution in [3.05, 3.63) is 77.0 Å². The minimum absolute atomic E-state index is 0.171. The van der Waals surface area contributed by atoms with Crippen molar-refractivity contribution in [2.45, 2.75) is 28.7 Å². The molecule has 2 heterocycles. The highest BCUT2D eigenvalue weighted by Crippen LogP contribution is 2.33. The Labute approximate surface area is 194 Å². The fourth-order valence-corrected chi connectivity index (χ4v) is 5.09. The zero-order valence-corrected chi connectivity index (χ0v) is 18.9. The lowest BCUT2D eigenvalue weighted by Gasteiger charge is -2.22. The van der Waals surface area contributed by atoms with Gasteiger partial charge in [0.25, 0.3) is 11.8 Å². The van der Waals surface area contributed by atoms with E-state index in [0.29, 0.717) is 23.5 Å². The van der Waals surface area contributed by atoms with Gasteiger partial charge in [0.05, 0.1) is 10.6 Å². The number of hydrogen-bond donors (Lipinski definition) is 1. The quantitative estimate of drug-likeness (QED) is 0.512. The van der Waals surface area contributed by atoms with Crippen molar-refractivity contribution in [3.8, 4) is 0 Å². The second-order valence-electron chi connectivity index (χ2n) is 7.20. The van der Waals surface area contributed by atoms with Gasteiger partial charge in [0.1, 0.15) is 6.04 Å². The molecule has 3 aromatic rings. The monoisotopic (exact) mass is 466 g/mol. The van der Waals surface area contributed by atoms with E-state index in [0.717, 1.165) is 16.2 Å². The highest BCUT2D eigenvalue weighted by Gasteiger charge is 2.36. The second-order valence-corrected chi connectivity index (χ2v) is 9.26. The Morgan fingerprint density at radius 1 is 1.03 bits per heavy atom. The average Bonchev–Trinajstić information content (AvgIpc) is 3.52. The highest BCUT2D eigenvalue weighted by atomic mass is 32.2. The van der Waals surface area contributed by atoms with Crippen molar-refractivity contribution >= 4 is 46.6 Å². The number of para-hydroxylation sites is 1. The van der Waals surface area contributed by atoms with Crippen molar-refractivity contribution in [1.82, 2.24) is 4.90 Å². The maximum absolute atomic E-state index is 12.6.